The molecule has 2 aromatic heterocycles. The van der Waals surface area contributed by atoms with Crippen LogP contribution in [0.1, 0.15) is 5.69 Å². The molecule has 4 rings (SSSR count). The van der Waals surface area contributed by atoms with Crippen molar-refractivity contribution in [2.45, 2.75) is 6.92 Å². The van der Waals surface area contributed by atoms with Crippen LogP contribution in [0.2, 0.25) is 0 Å². The zero-order valence-corrected chi connectivity index (χ0v) is 17.7. The zero-order valence-electron chi connectivity index (χ0n) is 17.7. The van der Waals surface area contributed by atoms with Gasteiger partial charge < -0.3 is 23.5 Å². The topological polar surface area (TPSA) is 107 Å². The van der Waals surface area contributed by atoms with Crippen LogP contribution in [0.5, 0.6) is 23.0 Å². The van der Waals surface area contributed by atoms with E-state index < -0.39 is 0 Å². The number of hydrogen-bond acceptors (Lipinski definition) is 9. The highest BCUT2D eigenvalue weighted by molar-refractivity contribution is 5.63. The number of hydrogen-bond donors (Lipinski definition) is 0. The Morgan fingerprint density at radius 2 is 1.45 bits per heavy atom. The summed E-state index contributed by atoms with van der Waals surface area (Å²) in [6, 6.07) is 10.9. The number of benzene rings is 2. The van der Waals surface area contributed by atoms with Crippen LogP contribution in [0.4, 0.5) is 0 Å². The molecule has 0 saturated carbocycles. The van der Waals surface area contributed by atoms with E-state index in [4.69, 9.17) is 23.5 Å². The molecule has 4 aromatic rings. The summed E-state index contributed by atoms with van der Waals surface area (Å²) in [7, 11) is 6.31. The predicted molar refractivity (Wildman–Crippen MR) is 111 cm³/mol. The van der Waals surface area contributed by atoms with E-state index in [1.807, 2.05) is 25.1 Å². The van der Waals surface area contributed by atoms with Crippen molar-refractivity contribution in [3.05, 3.63) is 42.1 Å². The molecule has 0 atom stereocenters. The molecule has 10 heteroatoms. The van der Waals surface area contributed by atoms with E-state index in [0.717, 1.165) is 16.9 Å². The summed E-state index contributed by atoms with van der Waals surface area (Å²) in [6.07, 6.45) is 0. The molecule has 0 N–H and O–H groups in total. The molecule has 0 amide bonds. The predicted octanol–water partition coefficient (Wildman–Crippen LogP) is 3.33. The van der Waals surface area contributed by atoms with Gasteiger partial charge in [0, 0.05) is 11.6 Å². The molecular formula is C21H21N5O5. The van der Waals surface area contributed by atoms with E-state index >= 15 is 0 Å². The lowest BCUT2D eigenvalue weighted by molar-refractivity contribution is 0.354. The number of nitrogens with zero attached hydrogens (tertiary/aromatic N) is 5. The first kappa shape index (κ1) is 20.2. The Kier molecular flexibility index (Phi) is 5.44. The number of ether oxygens (including phenoxy) is 4. The largest absolute Gasteiger partial charge is 0.493 e. The van der Waals surface area contributed by atoms with Crippen molar-refractivity contribution in [3.8, 4) is 51.7 Å². The molecule has 31 heavy (non-hydrogen) atoms. The van der Waals surface area contributed by atoms with Gasteiger partial charge in [-0.25, -0.2) is 4.68 Å². The molecule has 2 aromatic carbocycles. The van der Waals surface area contributed by atoms with E-state index in [1.165, 1.54) is 0 Å². The first-order valence-electron chi connectivity index (χ1n) is 9.30. The number of rotatable bonds is 7. The third-order valence-electron chi connectivity index (χ3n) is 4.78. The van der Waals surface area contributed by atoms with Crippen LogP contribution in [-0.2, 0) is 0 Å². The minimum Gasteiger partial charge on any atom is -0.493 e. The van der Waals surface area contributed by atoms with E-state index in [1.54, 1.807) is 51.3 Å². The fourth-order valence-corrected chi connectivity index (χ4v) is 3.14. The summed E-state index contributed by atoms with van der Waals surface area (Å²) in [5, 5.41) is 12.5. The maximum absolute atomic E-state index is 5.45. The Balaban J connectivity index is 1.67. The lowest BCUT2D eigenvalue weighted by Crippen LogP contribution is -2.00. The van der Waals surface area contributed by atoms with Crippen LogP contribution < -0.4 is 18.9 Å². The minimum absolute atomic E-state index is 0.258. The van der Waals surface area contributed by atoms with Crippen molar-refractivity contribution in [2.24, 2.45) is 0 Å². The summed E-state index contributed by atoms with van der Waals surface area (Å²) >= 11 is 0. The van der Waals surface area contributed by atoms with Gasteiger partial charge in [-0.2, -0.15) is 4.98 Å². The smallest absolute Gasteiger partial charge is 0.280 e. The molecule has 0 aliphatic rings. The average Bonchev–Trinajstić information content (AvgIpc) is 3.44. The molecule has 0 spiro atoms. The van der Waals surface area contributed by atoms with Crippen molar-refractivity contribution in [2.75, 3.05) is 28.4 Å². The van der Waals surface area contributed by atoms with Crippen molar-refractivity contribution >= 4 is 0 Å². The summed E-state index contributed by atoms with van der Waals surface area (Å²) < 4.78 is 28.4. The normalized spacial score (nSPS) is 10.7. The van der Waals surface area contributed by atoms with Crippen LogP contribution in [0.25, 0.3) is 28.7 Å². The quantitative estimate of drug-likeness (QED) is 0.442. The maximum Gasteiger partial charge on any atom is 0.280 e. The van der Waals surface area contributed by atoms with Crippen molar-refractivity contribution in [1.82, 2.24) is 25.1 Å². The Bertz CT molecular complexity index is 1220. The van der Waals surface area contributed by atoms with Crippen LogP contribution in [0, 0.1) is 6.92 Å². The highest BCUT2D eigenvalue weighted by Crippen LogP contribution is 2.33. The summed E-state index contributed by atoms with van der Waals surface area (Å²) in [5.74, 6) is 3.06. The number of methoxy groups -OCH3 is 4. The molecule has 0 bridgehead atoms. The molecule has 0 radical (unpaired) electrons. The van der Waals surface area contributed by atoms with Gasteiger partial charge in [0.05, 0.1) is 39.8 Å². The Hall–Kier alpha value is -4.08. The van der Waals surface area contributed by atoms with Crippen LogP contribution in [0.15, 0.2) is 40.9 Å². The molecule has 0 unspecified atom stereocenters. The summed E-state index contributed by atoms with van der Waals surface area (Å²) in [6.45, 7) is 1.87. The van der Waals surface area contributed by atoms with Gasteiger partial charge in [-0.15, -0.1) is 5.10 Å². The molecule has 10 nitrogen and oxygen atoms in total. The van der Waals surface area contributed by atoms with Gasteiger partial charge in [0.2, 0.25) is 5.82 Å². The molecule has 0 saturated heterocycles. The fraction of sp³-hybridized carbons (Fsp3) is 0.238. The van der Waals surface area contributed by atoms with E-state index in [2.05, 4.69) is 20.5 Å². The fourth-order valence-electron chi connectivity index (χ4n) is 3.14. The van der Waals surface area contributed by atoms with Gasteiger partial charge in [-0.1, -0.05) is 10.4 Å². The second-order valence-corrected chi connectivity index (χ2v) is 6.47. The maximum atomic E-state index is 5.45. The van der Waals surface area contributed by atoms with Gasteiger partial charge in [0.1, 0.15) is 0 Å². The minimum atomic E-state index is 0.258. The Morgan fingerprint density at radius 1 is 0.806 bits per heavy atom. The van der Waals surface area contributed by atoms with Crippen molar-refractivity contribution in [1.29, 1.82) is 0 Å². The zero-order chi connectivity index (χ0) is 22.0. The summed E-state index contributed by atoms with van der Waals surface area (Å²) in [4.78, 5) is 4.48. The van der Waals surface area contributed by atoms with Gasteiger partial charge in [-0.3, -0.25) is 0 Å². The van der Waals surface area contributed by atoms with Crippen LogP contribution in [0.3, 0.4) is 0 Å². The molecule has 160 valence electrons. The standard InChI is InChI=1S/C21H21N5O5/c1-12-19(23-25-26(12)14-7-9-16(28-3)18(11-14)30-5)21-22-20(24-31-21)13-6-8-15(27-2)17(10-13)29-4/h6-11H,1-5H3. The van der Waals surface area contributed by atoms with Gasteiger partial charge in [-0.05, 0) is 37.3 Å². The van der Waals surface area contributed by atoms with E-state index in [-0.39, 0.29) is 5.89 Å². The van der Waals surface area contributed by atoms with E-state index in [9.17, 15) is 0 Å². The van der Waals surface area contributed by atoms with Gasteiger partial charge in [0.25, 0.3) is 5.89 Å². The second kappa shape index (κ2) is 8.34. The Labute approximate surface area is 178 Å². The number of aromatic nitrogens is 5. The lowest BCUT2D eigenvalue weighted by Gasteiger charge is -2.10. The van der Waals surface area contributed by atoms with Gasteiger partial charge >= 0.3 is 0 Å². The Morgan fingerprint density at radius 3 is 2.13 bits per heavy atom. The lowest BCUT2D eigenvalue weighted by atomic mass is 10.2. The second-order valence-electron chi connectivity index (χ2n) is 6.47. The molecule has 2 heterocycles. The summed E-state index contributed by atoms with van der Waals surface area (Å²) in [5.41, 5.74) is 2.69. The van der Waals surface area contributed by atoms with Gasteiger partial charge in [0.15, 0.2) is 28.7 Å². The molecule has 0 aliphatic heterocycles. The SMILES string of the molecule is COc1ccc(-c2noc(-c3nnn(-c4ccc(OC)c(OC)c4)c3C)n2)cc1OC. The molecule has 0 fully saturated rings. The monoisotopic (exact) mass is 423 g/mol. The van der Waals surface area contributed by atoms with Crippen molar-refractivity contribution in [3.63, 3.8) is 0 Å². The first-order valence-corrected chi connectivity index (χ1v) is 9.30. The molecule has 0 aliphatic carbocycles. The van der Waals surface area contributed by atoms with Crippen LogP contribution in [-0.4, -0.2) is 53.6 Å². The third kappa shape index (κ3) is 3.63. The highest BCUT2D eigenvalue weighted by atomic mass is 16.5. The highest BCUT2D eigenvalue weighted by Gasteiger charge is 2.20. The molecular weight excluding hydrogens is 402 g/mol. The van der Waals surface area contributed by atoms with Crippen LogP contribution >= 0.6 is 0 Å². The third-order valence-corrected chi connectivity index (χ3v) is 4.78. The first-order chi connectivity index (χ1) is 15.1. The average molecular weight is 423 g/mol. The van der Waals surface area contributed by atoms with Crippen molar-refractivity contribution < 1.29 is 23.5 Å². The van der Waals surface area contributed by atoms with E-state index in [0.29, 0.717) is 34.5 Å².